The Labute approximate surface area is 162 Å². The normalized spacial score (nSPS) is 17.0. The molecule has 1 N–H and O–H groups in total. The number of aliphatic imine (C=N–C) groups is 1. The SMILES string of the molecule is CCCOc1ccc(Cl)cc1/C=C1\SC(=Nc2ccc(C)cc2)NC1=O. The first-order valence-electron chi connectivity index (χ1n) is 8.34. The highest BCUT2D eigenvalue weighted by atomic mass is 35.5. The highest BCUT2D eigenvalue weighted by Gasteiger charge is 2.24. The Morgan fingerprint density at radius 3 is 2.73 bits per heavy atom. The molecule has 134 valence electrons. The third-order valence-corrected chi connectivity index (χ3v) is 4.78. The molecule has 0 saturated carbocycles. The van der Waals surface area contributed by atoms with Gasteiger partial charge in [0, 0.05) is 10.6 Å². The van der Waals surface area contributed by atoms with E-state index in [0.29, 0.717) is 27.5 Å². The van der Waals surface area contributed by atoms with Gasteiger partial charge in [0.15, 0.2) is 5.17 Å². The topological polar surface area (TPSA) is 50.7 Å². The standard InChI is InChI=1S/C20H19ClN2O2S/c1-3-10-25-17-9-6-15(21)11-14(17)12-18-19(24)23-20(26-18)22-16-7-4-13(2)5-8-16/h4-9,11-12H,3,10H2,1-2H3,(H,22,23,24)/b18-12-. The lowest BCUT2D eigenvalue weighted by molar-refractivity contribution is -0.115. The Bertz CT molecular complexity index is 876. The Kier molecular flexibility index (Phi) is 6.01. The molecule has 1 heterocycles. The number of halogens is 1. The van der Waals surface area contributed by atoms with Crippen molar-refractivity contribution in [2.45, 2.75) is 20.3 Å². The average molecular weight is 387 g/mol. The van der Waals surface area contributed by atoms with Crippen LogP contribution in [-0.4, -0.2) is 17.7 Å². The summed E-state index contributed by atoms with van der Waals surface area (Å²) in [4.78, 5) is 17.3. The Morgan fingerprint density at radius 1 is 1.23 bits per heavy atom. The van der Waals surface area contributed by atoms with Crippen molar-refractivity contribution in [3.63, 3.8) is 0 Å². The van der Waals surface area contributed by atoms with Crippen molar-refractivity contribution in [2.24, 2.45) is 4.99 Å². The molecule has 2 aromatic rings. The summed E-state index contributed by atoms with van der Waals surface area (Å²) in [6.45, 7) is 4.67. The van der Waals surface area contributed by atoms with Crippen LogP contribution >= 0.6 is 23.4 Å². The highest BCUT2D eigenvalue weighted by molar-refractivity contribution is 8.18. The van der Waals surface area contributed by atoms with Crippen LogP contribution in [0, 0.1) is 6.92 Å². The van der Waals surface area contributed by atoms with Gasteiger partial charge < -0.3 is 10.1 Å². The second-order valence-corrected chi connectivity index (χ2v) is 7.31. The molecule has 1 amide bonds. The number of amidine groups is 1. The predicted octanol–water partition coefficient (Wildman–Crippen LogP) is 5.33. The molecule has 6 heteroatoms. The van der Waals surface area contributed by atoms with Crippen LogP contribution in [-0.2, 0) is 4.79 Å². The molecule has 0 radical (unpaired) electrons. The van der Waals surface area contributed by atoms with Gasteiger partial charge in [0.2, 0.25) is 0 Å². The van der Waals surface area contributed by atoms with E-state index in [1.165, 1.54) is 17.3 Å². The number of ether oxygens (including phenoxy) is 1. The maximum Gasteiger partial charge on any atom is 0.264 e. The van der Waals surface area contributed by atoms with E-state index < -0.39 is 0 Å². The van der Waals surface area contributed by atoms with Gasteiger partial charge in [-0.15, -0.1) is 0 Å². The van der Waals surface area contributed by atoms with E-state index in [1.807, 2.05) is 44.2 Å². The third-order valence-electron chi connectivity index (χ3n) is 3.64. The molecule has 0 aromatic heterocycles. The Hall–Kier alpha value is -2.24. The van der Waals surface area contributed by atoms with E-state index in [-0.39, 0.29) is 5.91 Å². The van der Waals surface area contributed by atoms with E-state index >= 15 is 0 Å². The van der Waals surface area contributed by atoms with Crippen LogP contribution in [0.3, 0.4) is 0 Å². The van der Waals surface area contributed by atoms with E-state index in [1.54, 1.807) is 18.2 Å². The maximum absolute atomic E-state index is 12.3. The zero-order valence-electron chi connectivity index (χ0n) is 14.6. The lowest BCUT2D eigenvalue weighted by Crippen LogP contribution is -2.19. The van der Waals surface area contributed by atoms with E-state index in [4.69, 9.17) is 16.3 Å². The van der Waals surface area contributed by atoms with Crippen molar-refractivity contribution in [1.29, 1.82) is 0 Å². The fraction of sp³-hybridized carbons (Fsp3) is 0.200. The molecule has 0 aliphatic carbocycles. The summed E-state index contributed by atoms with van der Waals surface area (Å²) in [6, 6.07) is 13.2. The average Bonchev–Trinajstić information content (AvgIpc) is 2.95. The number of aryl methyl sites for hydroxylation is 1. The predicted molar refractivity (Wildman–Crippen MR) is 109 cm³/mol. The van der Waals surface area contributed by atoms with Crippen LogP contribution in [0.1, 0.15) is 24.5 Å². The van der Waals surface area contributed by atoms with E-state index in [9.17, 15) is 4.79 Å². The van der Waals surface area contributed by atoms with Crippen LogP contribution in [0.2, 0.25) is 5.02 Å². The van der Waals surface area contributed by atoms with Crippen molar-refractivity contribution in [3.05, 3.63) is 63.5 Å². The smallest absolute Gasteiger partial charge is 0.264 e. The largest absolute Gasteiger partial charge is 0.493 e. The number of nitrogens with zero attached hydrogens (tertiary/aromatic N) is 1. The minimum absolute atomic E-state index is 0.178. The molecule has 0 bridgehead atoms. The fourth-order valence-electron chi connectivity index (χ4n) is 2.33. The molecular formula is C20H19ClN2O2S. The minimum atomic E-state index is -0.178. The van der Waals surface area contributed by atoms with Crippen LogP contribution < -0.4 is 10.1 Å². The van der Waals surface area contributed by atoms with Gasteiger partial charge in [-0.2, -0.15) is 0 Å². The summed E-state index contributed by atoms with van der Waals surface area (Å²) in [7, 11) is 0. The molecule has 1 aliphatic rings. The van der Waals surface area contributed by atoms with Crippen LogP contribution in [0.25, 0.3) is 6.08 Å². The number of thioether (sulfide) groups is 1. The van der Waals surface area contributed by atoms with Crippen LogP contribution in [0.4, 0.5) is 5.69 Å². The van der Waals surface area contributed by atoms with Crippen molar-refractivity contribution < 1.29 is 9.53 Å². The quantitative estimate of drug-likeness (QED) is 0.706. The second kappa shape index (κ2) is 8.43. The van der Waals surface area contributed by atoms with Crippen LogP contribution in [0.15, 0.2) is 52.4 Å². The summed E-state index contributed by atoms with van der Waals surface area (Å²) in [5.74, 6) is 0.531. The zero-order valence-corrected chi connectivity index (χ0v) is 16.2. The first-order valence-corrected chi connectivity index (χ1v) is 9.53. The molecule has 3 rings (SSSR count). The molecule has 0 unspecified atom stereocenters. The number of benzene rings is 2. The summed E-state index contributed by atoms with van der Waals surface area (Å²) in [6.07, 6.45) is 2.69. The molecule has 2 aromatic carbocycles. The van der Waals surface area contributed by atoms with Gasteiger partial charge in [-0.05, 0) is 61.5 Å². The molecule has 0 spiro atoms. The summed E-state index contributed by atoms with van der Waals surface area (Å²) >= 11 is 7.41. The lowest BCUT2D eigenvalue weighted by Gasteiger charge is -2.08. The summed E-state index contributed by atoms with van der Waals surface area (Å²) in [5.41, 5.74) is 2.74. The Morgan fingerprint density at radius 2 is 2.00 bits per heavy atom. The van der Waals surface area contributed by atoms with E-state index in [0.717, 1.165) is 17.7 Å². The molecule has 1 saturated heterocycles. The van der Waals surface area contributed by atoms with Crippen molar-refractivity contribution >= 4 is 46.2 Å². The maximum atomic E-state index is 12.3. The number of nitrogens with one attached hydrogen (secondary N) is 1. The highest BCUT2D eigenvalue weighted by Crippen LogP contribution is 2.32. The molecule has 1 fully saturated rings. The van der Waals surface area contributed by atoms with Gasteiger partial charge in [-0.25, -0.2) is 4.99 Å². The molecule has 0 atom stereocenters. The number of carbonyl (C=O) groups is 1. The third kappa shape index (κ3) is 4.68. The molecule has 26 heavy (non-hydrogen) atoms. The Balaban J connectivity index is 1.84. The van der Waals surface area contributed by atoms with Crippen molar-refractivity contribution in [3.8, 4) is 5.75 Å². The monoisotopic (exact) mass is 386 g/mol. The van der Waals surface area contributed by atoms with Gasteiger partial charge in [-0.3, -0.25) is 4.79 Å². The van der Waals surface area contributed by atoms with E-state index in [2.05, 4.69) is 10.3 Å². The molecule has 1 aliphatic heterocycles. The van der Waals surface area contributed by atoms with Gasteiger partial charge >= 0.3 is 0 Å². The van der Waals surface area contributed by atoms with Crippen molar-refractivity contribution in [2.75, 3.05) is 6.61 Å². The zero-order chi connectivity index (χ0) is 18.5. The van der Waals surface area contributed by atoms with Gasteiger partial charge in [0.1, 0.15) is 5.75 Å². The summed E-state index contributed by atoms with van der Waals surface area (Å²) in [5, 5.41) is 3.95. The number of carbonyl (C=O) groups excluding carboxylic acids is 1. The number of hydrogen-bond acceptors (Lipinski definition) is 4. The number of hydrogen-bond donors (Lipinski definition) is 1. The minimum Gasteiger partial charge on any atom is -0.493 e. The fourth-order valence-corrected chi connectivity index (χ4v) is 3.35. The number of amides is 1. The van der Waals surface area contributed by atoms with Gasteiger partial charge in [0.25, 0.3) is 5.91 Å². The molecular weight excluding hydrogens is 368 g/mol. The van der Waals surface area contributed by atoms with Crippen molar-refractivity contribution in [1.82, 2.24) is 5.32 Å². The first kappa shape index (κ1) is 18.5. The molecule has 4 nitrogen and oxygen atoms in total. The first-order chi connectivity index (χ1) is 12.5. The van der Waals surface area contributed by atoms with Gasteiger partial charge in [-0.1, -0.05) is 36.2 Å². The lowest BCUT2D eigenvalue weighted by atomic mass is 10.2. The second-order valence-electron chi connectivity index (χ2n) is 5.85. The van der Waals surface area contributed by atoms with Crippen LogP contribution in [0.5, 0.6) is 5.75 Å². The van der Waals surface area contributed by atoms with Gasteiger partial charge in [0.05, 0.1) is 17.2 Å². The number of rotatable bonds is 5. The summed E-state index contributed by atoms with van der Waals surface area (Å²) < 4.78 is 5.75.